The Bertz CT molecular complexity index is 198. The van der Waals surface area contributed by atoms with Gasteiger partial charge in [0.1, 0.15) is 0 Å². The smallest absolute Gasteiger partial charge is 0.331 e. The number of allylic oxidation sites excluding steroid dienone is 1. The van der Waals surface area contributed by atoms with Gasteiger partial charge in [0.05, 0.1) is 6.42 Å². The molecule has 0 fully saturated rings. The van der Waals surface area contributed by atoms with E-state index in [1.807, 2.05) is 6.92 Å². The average molecular weight is 206 g/mol. The molecule has 4 nitrogen and oxygen atoms in total. The summed E-state index contributed by atoms with van der Waals surface area (Å²) in [6.45, 7) is 8.26. The summed E-state index contributed by atoms with van der Waals surface area (Å²) in [5.41, 5.74) is -0.303. The van der Waals surface area contributed by atoms with Crippen LogP contribution in [0.5, 0.6) is 0 Å². The molecule has 2 N–H and O–H groups in total. The predicted octanol–water partition coefficient (Wildman–Crippen LogP) is 1.41. The van der Waals surface area contributed by atoms with Crippen molar-refractivity contribution >= 4 is 25.4 Å². The van der Waals surface area contributed by atoms with E-state index in [1.54, 1.807) is 6.08 Å². The monoisotopic (exact) mass is 206 g/mol. The minimum atomic E-state index is -1.27. The molecule has 13 heavy (non-hydrogen) atoms. The lowest BCUT2D eigenvalue weighted by molar-refractivity contribution is -0.139. The van der Waals surface area contributed by atoms with Crippen molar-refractivity contribution in [2.24, 2.45) is 0 Å². The number of rotatable bonds is 3. The van der Waals surface area contributed by atoms with Crippen LogP contribution in [0, 0.1) is 0 Å². The first-order chi connectivity index (χ1) is 5.45. The lowest BCUT2D eigenvalue weighted by Crippen LogP contribution is -2.04. The third-order valence-corrected chi connectivity index (χ3v) is 0.667. The van der Waals surface area contributed by atoms with Crippen LogP contribution in [0.25, 0.3) is 0 Å². The number of aliphatic carboxylic acids is 2. The number of hydrogen-bond donors (Lipinski definition) is 2. The molecule has 0 amide bonds. The predicted molar refractivity (Wildman–Crippen MR) is 55.3 cm³/mol. The fraction of sp³-hybridized carbons (Fsp3) is 0.250. The van der Waals surface area contributed by atoms with Crippen molar-refractivity contribution in [3.63, 3.8) is 0 Å². The van der Waals surface area contributed by atoms with Gasteiger partial charge in [-0.1, -0.05) is 12.7 Å². The standard InChI is InChI=1S/C5H6O4.C3H6.H2S/c1-3(5(8)9)2-4(6)7;1-3-2;/h1-2H2,(H,6,7)(H,8,9);3H,1H2,2H3;1H2. The summed E-state index contributed by atoms with van der Waals surface area (Å²) < 4.78 is 0. The number of hydrogen-bond acceptors (Lipinski definition) is 2. The Balaban J connectivity index is -0.000000220. The molecule has 0 heterocycles. The largest absolute Gasteiger partial charge is 0.481 e. The zero-order valence-electron chi connectivity index (χ0n) is 7.41. The van der Waals surface area contributed by atoms with Gasteiger partial charge in [0.25, 0.3) is 0 Å². The van der Waals surface area contributed by atoms with Gasteiger partial charge in [-0.3, -0.25) is 4.79 Å². The Morgan fingerprint density at radius 1 is 1.38 bits per heavy atom. The lowest BCUT2D eigenvalue weighted by Gasteiger charge is -1.91. The number of carbonyl (C=O) groups is 2. The third kappa shape index (κ3) is 18.1. The zero-order valence-corrected chi connectivity index (χ0v) is 8.41. The van der Waals surface area contributed by atoms with Gasteiger partial charge in [0.15, 0.2) is 0 Å². The van der Waals surface area contributed by atoms with Crippen LogP contribution in [0.4, 0.5) is 0 Å². The van der Waals surface area contributed by atoms with Gasteiger partial charge in [0.2, 0.25) is 0 Å². The van der Waals surface area contributed by atoms with Crippen LogP contribution in [0.2, 0.25) is 0 Å². The Morgan fingerprint density at radius 3 is 1.77 bits per heavy atom. The molecule has 0 aromatic rings. The third-order valence-electron chi connectivity index (χ3n) is 0.667. The van der Waals surface area contributed by atoms with Crippen molar-refractivity contribution in [2.75, 3.05) is 0 Å². The molecule has 0 spiro atoms. The Kier molecular flexibility index (Phi) is 14.7. The normalized spacial score (nSPS) is 6.85. The van der Waals surface area contributed by atoms with Crippen molar-refractivity contribution in [2.45, 2.75) is 13.3 Å². The van der Waals surface area contributed by atoms with Crippen LogP contribution in [0.3, 0.4) is 0 Å². The molecular weight excluding hydrogens is 192 g/mol. The van der Waals surface area contributed by atoms with Crippen molar-refractivity contribution in [3.8, 4) is 0 Å². The van der Waals surface area contributed by atoms with E-state index < -0.39 is 18.4 Å². The highest BCUT2D eigenvalue weighted by Gasteiger charge is 2.07. The molecule has 0 atom stereocenters. The summed E-state index contributed by atoms with van der Waals surface area (Å²) in [5, 5.41) is 16.1. The van der Waals surface area contributed by atoms with Crippen LogP contribution in [-0.4, -0.2) is 22.2 Å². The van der Waals surface area contributed by atoms with Gasteiger partial charge >= 0.3 is 11.9 Å². The summed E-state index contributed by atoms with van der Waals surface area (Å²) in [6, 6.07) is 0. The van der Waals surface area contributed by atoms with E-state index >= 15 is 0 Å². The Labute approximate surface area is 84.0 Å². The maximum Gasteiger partial charge on any atom is 0.331 e. The maximum atomic E-state index is 9.87. The van der Waals surface area contributed by atoms with Gasteiger partial charge in [-0.05, 0) is 6.92 Å². The molecule has 0 unspecified atom stereocenters. The molecule has 76 valence electrons. The molecule has 0 aliphatic carbocycles. The van der Waals surface area contributed by atoms with E-state index in [9.17, 15) is 9.59 Å². The van der Waals surface area contributed by atoms with Crippen LogP contribution in [-0.2, 0) is 9.59 Å². The van der Waals surface area contributed by atoms with Crippen LogP contribution in [0.15, 0.2) is 24.8 Å². The second kappa shape index (κ2) is 10.8. The van der Waals surface area contributed by atoms with E-state index in [1.165, 1.54) is 0 Å². The highest BCUT2D eigenvalue weighted by Crippen LogP contribution is 1.95. The molecule has 0 aromatic carbocycles. The molecule has 5 heteroatoms. The van der Waals surface area contributed by atoms with Crippen molar-refractivity contribution < 1.29 is 19.8 Å². The highest BCUT2D eigenvalue weighted by atomic mass is 32.1. The van der Waals surface area contributed by atoms with Gasteiger partial charge in [-0.2, -0.15) is 13.5 Å². The molecular formula is C8H14O4S. The molecule has 0 aliphatic heterocycles. The van der Waals surface area contributed by atoms with Gasteiger partial charge < -0.3 is 10.2 Å². The molecule has 0 saturated heterocycles. The van der Waals surface area contributed by atoms with Crippen molar-refractivity contribution in [1.82, 2.24) is 0 Å². The Hall–Kier alpha value is -1.23. The molecule has 0 bridgehead atoms. The fourth-order valence-corrected chi connectivity index (χ4v) is 0.258. The second-order valence-electron chi connectivity index (χ2n) is 1.89. The minimum absolute atomic E-state index is 0. The second-order valence-corrected chi connectivity index (χ2v) is 1.89. The zero-order chi connectivity index (χ0) is 10.1. The highest BCUT2D eigenvalue weighted by molar-refractivity contribution is 7.59. The molecule has 0 aliphatic rings. The minimum Gasteiger partial charge on any atom is -0.481 e. The van der Waals surface area contributed by atoms with Crippen LogP contribution < -0.4 is 0 Å². The van der Waals surface area contributed by atoms with Crippen molar-refractivity contribution in [3.05, 3.63) is 24.8 Å². The van der Waals surface area contributed by atoms with Crippen LogP contribution in [0.1, 0.15) is 13.3 Å². The molecule has 0 rings (SSSR count). The van der Waals surface area contributed by atoms with Gasteiger partial charge in [0, 0.05) is 5.57 Å². The maximum absolute atomic E-state index is 9.87. The summed E-state index contributed by atoms with van der Waals surface area (Å²) >= 11 is 0. The van der Waals surface area contributed by atoms with E-state index in [-0.39, 0.29) is 19.1 Å². The molecule has 0 saturated carbocycles. The lowest BCUT2D eigenvalue weighted by atomic mass is 10.2. The topological polar surface area (TPSA) is 74.6 Å². The van der Waals surface area contributed by atoms with E-state index in [0.29, 0.717) is 0 Å². The van der Waals surface area contributed by atoms with Crippen LogP contribution >= 0.6 is 13.5 Å². The SMILES string of the molecule is C=C(CC(=O)O)C(=O)O.C=CC.S. The number of carboxylic acid groups (broad SMARTS) is 2. The first-order valence-electron chi connectivity index (χ1n) is 3.15. The summed E-state index contributed by atoms with van der Waals surface area (Å²) in [5.74, 6) is -2.44. The first kappa shape index (κ1) is 17.8. The van der Waals surface area contributed by atoms with Crippen molar-refractivity contribution in [1.29, 1.82) is 0 Å². The summed E-state index contributed by atoms with van der Waals surface area (Å²) in [6.07, 6.45) is 1.25. The molecule has 0 aromatic heterocycles. The van der Waals surface area contributed by atoms with E-state index in [0.717, 1.165) is 0 Å². The quantitative estimate of drug-likeness (QED) is 0.540. The first-order valence-corrected chi connectivity index (χ1v) is 3.15. The average Bonchev–Trinajstić information content (AvgIpc) is 1.87. The summed E-state index contributed by atoms with van der Waals surface area (Å²) in [7, 11) is 0. The van der Waals surface area contributed by atoms with E-state index in [2.05, 4.69) is 13.2 Å². The molecule has 0 radical (unpaired) electrons. The van der Waals surface area contributed by atoms with E-state index in [4.69, 9.17) is 10.2 Å². The summed E-state index contributed by atoms with van der Waals surface area (Å²) in [4.78, 5) is 19.7. The Morgan fingerprint density at radius 2 is 1.69 bits per heavy atom. The van der Waals surface area contributed by atoms with Gasteiger partial charge in [-0.15, -0.1) is 6.58 Å². The fourth-order valence-electron chi connectivity index (χ4n) is 0.258. The van der Waals surface area contributed by atoms with Gasteiger partial charge in [-0.25, -0.2) is 4.79 Å². The number of carboxylic acids is 2.